The van der Waals surface area contributed by atoms with Gasteiger partial charge in [0, 0.05) is 0 Å². The number of rotatable bonds is 0. The van der Waals surface area contributed by atoms with Gasteiger partial charge in [-0.3, -0.25) is 0 Å². The van der Waals surface area contributed by atoms with Gasteiger partial charge in [-0.15, -0.1) is 0 Å². The molecule has 0 aromatic carbocycles. The molecular weight excluding hydrogens is 444 g/mol. The van der Waals surface area contributed by atoms with E-state index in [1.807, 2.05) is 6.42 Å². The normalized spacial score (nSPS) is 124. The fourth-order valence-electron chi connectivity index (χ4n) is 35.9. The molecule has 0 aromatic heterocycles. The van der Waals surface area contributed by atoms with Gasteiger partial charge in [-0.05, 0) is 196 Å². The van der Waals surface area contributed by atoms with Crippen molar-refractivity contribution in [3.63, 3.8) is 0 Å². The minimum absolute atomic E-state index is 0.798. The highest BCUT2D eigenvalue weighted by Gasteiger charge is 3.54. The van der Waals surface area contributed by atoms with Crippen LogP contribution < -0.4 is 0 Å². The molecular formula is C37H32. The van der Waals surface area contributed by atoms with Crippen molar-refractivity contribution in [2.75, 3.05) is 0 Å². The molecule has 29 atom stereocenters. The fraction of sp³-hybridized carbons (Fsp3) is 1.00. The van der Waals surface area contributed by atoms with Crippen LogP contribution in [0, 0.1) is 164 Å². The van der Waals surface area contributed by atoms with Crippen molar-refractivity contribution in [3.8, 4) is 0 Å². The van der Waals surface area contributed by atoms with E-state index in [9.17, 15) is 0 Å². The molecule has 0 radical (unpaired) electrons. The quantitative estimate of drug-likeness (QED) is 0.457. The molecule has 22 rings (SSSR count). The Morgan fingerprint density at radius 3 is 1.86 bits per heavy atom. The van der Waals surface area contributed by atoms with Gasteiger partial charge >= 0.3 is 0 Å². The van der Waals surface area contributed by atoms with Crippen LogP contribution in [0.1, 0.15) is 52.9 Å². The average Bonchev–Trinajstić information content (AvgIpc) is 3.21. The lowest BCUT2D eigenvalue weighted by molar-refractivity contribution is -1.05. The maximum absolute atomic E-state index is 3.16. The van der Waals surface area contributed by atoms with Crippen LogP contribution in [-0.2, 0) is 0 Å². The Morgan fingerprint density at radius 1 is 0.459 bits per heavy atom. The van der Waals surface area contributed by atoms with E-state index in [0.29, 0.717) is 0 Å². The number of hydrogen-bond acceptors (Lipinski definition) is 0. The molecule has 22 aliphatic rings. The maximum atomic E-state index is 3.16. The van der Waals surface area contributed by atoms with Gasteiger partial charge in [0.05, 0.1) is 0 Å². The number of fused-ring (bicyclic) bond motifs is 9. The summed E-state index contributed by atoms with van der Waals surface area (Å²) >= 11 is 0. The van der Waals surface area contributed by atoms with Gasteiger partial charge in [-0.25, -0.2) is 0 Å². The zero-order valence-electron chi connectivity index (χ0n) is 22.0. The molecule has 0 saturated heterocycles. The molecule has 13 spiro atoms. The third-order valence-corrected chi connectivity index (χ3v) is 29.7. The van der Waals surface area contributed by atoms with E-state index in [0.717, 1.165) is 86.6 Å². The standard InChI is InChI=1S/C37H32/c1-22-10-4-9-5-11-19-21-15-7-14-20-18-13-6-12-16-17(10)30(22)25(16)8-26-31(18,28(12,13)25)33(20)29(14,15)34(21)32(19)27(9,11)24(3)23(22,2)35(26,30)36(24,32)37(26,33)34/h9-21H,4-8H2,1-3H3. The zero-order valence-corrected chi connectivity index (χ0v) is 22.0. The lowest BCUT2D eigenvalue weighted by Gasteiger charge is -3.49. The van der Waals surface area contributed by atoms with Gasteiger partial charge in [0.25, 0.3) is 0 Å². The van der Waals surface area contributed by atoms with Crippen LogP contribution in [0.15, 0.2) is 0 Å². The highest BCUT2D eigenvalue weighted by molar-refractivity contribution is 5.99. The topological polar surface area (TPSA) is 0 Å². The smallest absolute Gasteiger partial charge is 0.00133 e. The Balaban J connectivity index is 1.10. The van der Waals surface area contributed by atoms with Gasteiger partial charge in [0.1, 0.15) is 0 Å². The van der Waals surface area contributed by atoms with E-state index < -0.39 is 0 Å². The third kappa shape index (κ3) is 0.354. The van der Waals surface area contributed by atoms with E-state index in [1.165, 1.54) is 76.9 Å². The Labute approximate surface area is 216 Å². The molecule has 0 amide bonds. The summed E-state index contributed by atoms with van der Waals surface area (Å²) in [6.07, 6.45) is 9.04. The third-order valence-electron chi connectivity index (χ3n) is 29.7. The molecule has 37 heavy (non-hydrogen) atoms. The average molecular weight is 477 g/mol. The van der Waals surface area contributed by atoms with Crippen LogP contribution in [-0.4, -0.2) is 0 Å². The summed E-state index contributed by atoms with van der Waals surface area (Å²) in [5, 5.41) is 0. The lowest BCUT2D eigenvalue weighted by Crippen LogP contribution is -3.48. The molecule has 29 unspecified atom stereocenters. The van der Waals surface area contributed by atoms with E-state index in [2.05, 4.69) is 20.8 Å². The van der Waals surface area contributed by atoms with Gasteiger partial charge in [0.15, 0.2) is 0 Å². The van der Waals surface area contributed by atoms with Crippen molar-refractivity contribution < 1.29 is 0 Å². The summed E-state index contributed by atoms with van der Waals surface area (Å²) < 4.78 is 0. The molecule has 22 fully saturated rings. The zero-order chi connectivity index (χ0) is 22.0. The second-order valence-corrected chi connectivity index (χ2v) is 22.8. The van der Waals surface area contributed by atoms with Gasteiger partial charge < -0.3 is 0 Å². The monoisotopic (exact) mass is 476 g/mol. The second kappa shape index (κ2) is 2.25. The summed E-state index contributed by atoms with van der Waals surface area (Å²) in [5.74, 6) is 16.9. The first kappa shape index (κ1) is 14.3. The fourth-order valence-corrected chi connectivity index (χ4v) is 35.9. The Morgan fingerprint density at radius 2 is 1.05 bits per heavy atom. The van der Waals surface area contributed by atoms with Gasteiger partial charge in [0.2, 0.25) is 0 Å². The van der Waals surface area contributed by atoms with Crippen LogP contribution in [0.5, 0.6) is 0 Å². The van der Waals surface area contributed by atoms with Gasteiger partial charge in [-0.2, -0.15) is 0 Å². The van der Waals surface area contributed by atoms with Crippen LogP contribution in [0.25, 0.3) is 0 Å². The lowest BCUT2D eigenvalue weighted by atomic mass is 8.53. The Kier molecular flexibility index (Phi) is 0.867. The second-order valence-electron chi connectivity index (χ2n) is 22.8. The minimum atomic E-state index is 0.798. The highest BCUT2D eigenvalue weighted by atomic mass is 15.6. The van der Waals surface area contributed by atoms with Crippen LogP contribution in [0.3, 0.4) is 0 Å². The van der Waals surface area contributed by atoms with Crippen molar-refractivity contribution in [3.05, 3.63) is 0 Å². The first-order valence-electron chi connectivity index (χ1n) is 18.0. The molecule has 2 bridgehead atoms. The van der Waals surface area contributed by atoms with Crippen molar-refractivity contribution in [1.29, 1.82) is 0 Å². The first-order valence-corrected chi connectivity index (χ1v) is 18.0. The summed E-state index contributed by atoms with van der Waals surface area (Å²) in [5.41, 5.74) is 15.5. The van der Waals surface area contributed by atoms with Crippen LogP contribution in [0.2, 0.25) is 0 Å². The molecule has 0 aliphatic heterocycles. The van der Waals surface area contributed by atoms with Crippen LogP contribution >= 0.6 is 0 Å². The number of hydrogen-bond donors (Lipinski definition) is 0. The molecule has 22 saturated carbocycles. The van der Waals surface area contributed by atoms with E-state index >= 15 is 0 Å². The molecule has 0 aromatic rings. The molecule has 22 aliphatic carbocycles. The molecule has 0 heterocycles. The molecule has 180 valence electrons. The predicted octanol–water partition coefficient (Wildman–Crippen LogP) is 5.09. The largest absolute Gasteiger partial charge is 0.0582 e. The highest BCUT2D eigenvalue weighted by Crippen LogP contribution is 3.56. The van der Waals surface area contributed by atoms with Crippen molar-refractivity contribution >= 4 is 0 Å². The van der Waals surface area contributed by atoms with E-state index in [4.69, 9.17) is 0 Å². The molecule has 0 heteroatoms. The summed E-state index contributed by atoms with van der Waals surface area (Å²) in [6, 6.07) is 0. The summed E-state index contributed by atoms with van der Waals surface area (Å²) in [4.78, 5) is 0. The van der Waals surface area contributed by atoms with Gasteiger partial charge in [-0.1, -0.05) is 20.8 Å². The van der Waals surface area contributed by atoms with Crippen molar-refractivity contribution in [2.45, 2.75) is 52.9 Å². The van der Waals surface area contributed by atoms with Crippen LogP contribution in [0.4, 0.5) is 0 Å². The predicted molar refractivity (Wildman–Crippen MR) is 124 cm³/mol. The summed E-state index contributed by atoms with van der Waals surface area (Å²) in [7, 11) is 0. The maximum Gasteiger partial charge on any atom is -0.00133 e. The van der Waals surface area contributed by atoms with E-state index in [-0.39, 0.29) is 0 Å². The SMILES string of the molecule is CC12C3CC4CC5C6C7C8CC9C%10C%11C%12CC%13C%14C3C13C%141CC%14%15C%11(C%13%121)C%101C98C78C67C45C4(C)C2(C)C%143C47C%1518. The minimum Gasteiger partial charge on any atom is -0.0582 e. The van der Waals surface area contributed by atoms with Crippen molar-refractivity contribution in [1.82, 2.24) is 0 Å². The summed E-state index contributed by atoms with van der Waals surface area (Å²) in [6.45, 7) is 9.39. The molecule has 0 nitrogen and oxygen atoms in total. The molecule has 0 N–H and O–H groups in total. The Hall–Kier alpha value is 0. The Bertz CT molecular complexity index is 1990. The first-order chi connectivity index (χ1) is 18.0. The van der Waals surface area contributed by atoms with Crippen molar-refractivity contribution in [2.24, 2.45) is 164 Å². The van der Waals surface area contributed by atoms with E-state index in [1.54, 1.807) is 25.7 Å².